The third-order valence-corrected chi connectivity index (χ3v) is 3.02. The zero-order valence-electron chi connectivity index (χ0n) is 9.09. The molecule has 0 spiro atoms. The fraction of sp³-hybridized carbons (Fsp3) is 0.167. The van der Waals surface area contributed by atoms with Crippen LogP contribution in [-0.2, 0) is 13.1 Å². The summed E-state index contributed by atoms with van der Waals surface area (Å²) in [4.78, 5) is 14.7. The maximum Gasteiger partial charge on any atom is 0.337 e. The monoisotopic (exact) mass is 248 g/mol. The SMILES string of the molecule is O=C(O)c1ccc(CNCc2ccsc2)nc1. The number of carboxylic acids is 1. The van der Waals surface area contributed by atoms with Crippen molar-refractivity contribution < 1.29 is 9.90 Å². The maximum atomic E-state index is 10.6. The predicted octanol–water partition coefficient (Wildman–Crippen LogP) is 2.13. The number of carbonyl (C=O) groups is 1. The number of thiophene rings is 1. The summed E-state index contributed by atoms with van der Waals surface area (Å²) in [6, 6.07) is 5.36. The first-order valence-corrected chi connectivity index (χ1v) is 6.10. The largest absolute Gasteiger partial charge is 0.478 e. The molecule has 0 saturated heterocycles. The molecule has 5 heteroatoms. The van der Waals surface area contributed by atoms with Gasteiger partial charge in [-0.1, -0.05) is 0 Å². The van der Waals surface area contributed by atoms with Crippen LogP contribution in [0.5, 0.6) is 0 Å². The molecule has 0 aliphatic heterocycles. The average molecular weight is 248 g/mol. The molecule has 0 aliphatic carbocycles. The van der Waals surface area contributed by atoms with E-state index >= 15 is 0 Å². The van der Waals surface area contributed by atoms with Crippen molar-refractivity contribution in [3.63, 3.8) is 0 Å². The molecule has 0 aromatic carbocycles. The number of aromatic nitrogens is 1. The zero-order chi connectivity index (χ0) is 12.1. The van der Waals surface area contributed by atoms with Crippen molar-refractivity contribution in [3.05, 3.63) is 52.0 Å². The van der Waals surface area contributed by atoms with Crippen molar-refractivity contribution in [3.8, 4) is 0 Å². The van der Waals surface area contributed by atoms with Crippen molar-refractivity contribution in [1.82, 2.24) is 10.3 Å². The van der Waals surface area contributed by atoms with E-state index in [1.807, 2.05) is 5.38 Å². The minimum atomic E-state index is -0.949. The van der Waals surface area contributed by atoms with Crippen LogP contribution in [0.3, 0.4) is 0 Å². The normalized spacial score (nSPS) is 10.4. The Labute approximate surface area is 103 Å². The molecule has 17 heavy (non-hydrogen) atoms. The van der Waals surface area contributed by atoms with Gasteiger partial charge in [-0.05, 0) is 34.5 Å². The lowest BCUT2D eigenvalue weighted by Gasteiger charge is -2.03. The molecule has 2 heterocycles. The second-order valence-corrected chi connectivity index (χ2v) is 4.36. The minimum Gasteiger partial charge on any atom is -0.478 e. The summed E-state index contributed by atoms with van der Waals surface area (Å²) in [6.07, 6.45) is 1.38. The van der Waals surface area contributed by atoms with Crippen LogP contribution in [-0.4, -0.2) is 16.1 Å². The van der Waals surface area contributed by atoms with Crippen LogP contribution >= 0.6 is 11.3 Å². The number of hydrogen-bond acceptors (Lipinski definition) is 4. The van der Waals surface area contributed by atoms with E-state index in [1.54, 1.807) is 23.5 Å². The molecule has 0 unspecified atom stereocenters. The van der Waals surface area contributed by atoms with Gasteiger partial charge in [0.2, 0.25) is 0 Å². The second kappa shape index (κ2) is 5.56. The summed E-state index contributed by atoms with van der Waals surface area (Å²) in [5.74, 6) is -0.949. The van der Waals surface area contributed by atoms with E-state index < -0.39 is 5.97 Å². The van der Waals surface area contributed by atoms with Gasteiger partial charge in [0.15, 0.2) is 0 Å². The third kappa shape index (κ3) is 3.37. The Morgan fingerprint density at radius 3 is 2.82 bits per heavy atom. The van der Waals surface area contributed by atoms with E-state index in [0.29, 0.717) is 6.54 Å². The van der Waals surface area contributed by atoms with E-state index in [9.17, 15) is 4.79 Å². The van der Waals surface area contributed by atoms with E-state index in [-0.39, 0.29) is 5.56 Å². The maximum absolute atomic E-state index is 10.6. The van der Waals surface area contributed by atoms with Crippen molar-refractivity contribution >= 4 is 17.3 Å². The van der Waals surface area contributed by atoms with Gasteiger partial charge in [0, 0.05) is 19.3 Å². The van der Waals surface area contributed by atoms with Gasteiger partial charge in [0.25, 0.3) is 0 Å². The smallest absolute Gasteiger partial charge is 0.337 e. The summed E-state index contributed by atoms with van der Waals surface area (Å²) in [5, 5.41) is 16.1. The van der Waals surface area contributed by atoms with Gasteiger partial charge < -0.3 is 10.4 Å². The van der Waals surface area contributed by atoms with E-state index in [2.05, 4.69) is 21.7 Å². The van der Waals surface area contributed by atoms with Gasteiger partial charge in [0.05, 0.1) is 11.3 Å². The first-order valence-electron chi connectivity index (χ1n) is 5.16. The van der Waals surface area contributed by atoms with Crippen LogP contribution in [0.15, 0.2) is 35.2 Å². The van der Waals surface area contributed by atoms with E-state index in [4.69, 9.17) is 5.11 Å². The number of nitrogens with zero attached hydrogens (tertiary/aromatic N) is 1. The standard InChI is InChI=1S/C12H12N2O2S/c15-12(16)10-1-2-11(14-6-10)7-13-5-9-3-4-17-8-9/h1-4,6,8,13H,5,7H2,(H,15,16). The van der Waals surface area contributed by atoms with E-state index in [0.717, 1.165) is 12.2 Å². The number of hydrogen-bond donors (Lipinski definition) is 2. The quantitative estimate of drug-likeness (QED) is 0.851. The van der Waals surface area contributed by atoms with Crippen LogP contribution < -0.4 is 5.32 Å². The van der Waals surface area contributed by atoms with Crippen LogP contribution in [0, 0.1) is 0 Å². The Morgan fingerprint density at radius 1 is 1.35 bits per heavy atom. The molecule has 0 amide bonds. The van der Waals surface area contributed by atoms with Crippen molar-refractivity contribution in [2.24, 2.45) is 0 Å². The fourth-order valence-electron chi connectivity index (χ4n) is 1.38. The fourth-order valence-corrected chi connectivity index (χ4v) is 2.05. The van der Waals surface area contributed by atoms with Crippen LogP contribution in [0.1, 0.15) is 21.6 Å². The van der Waals surface area contributed by atoms with Crippen molar-refractivity contribution in [2.75, 3.05) is 0 Å². The number of pyridine rings is 1. The lowest BCUT2D eigenvalue weighted by Crippen LogP contribution is -2.13. The first kappa shape index (κ1) is 11.8. The van der Waals surface area contributed by atoms with Gasteiger partial charge in [-0.15, -0.1) is 0 Å². The lowest BCUT2D eigenvalue weighted by molar-refractivity contribution is 0.0696. The van der Waals surface area contributed by atoms with Gasteiger partial charge in [0.1, 0.15) is 0 Å². The molecule has 0 fully saturated rings. The summed E-state index contributed by atoms with van der Waals surface area (Å²) < 4.78 is 0. The molecule has 0 bridgehead atoms. The predicted molar refractivity (Wildman–Crippen MR) is 66.1 cm³/mol. The highest BCUT2D eigenvalue weighted by Crippen LogP contribution is 2.05. The van der Waals surface area contributed by atoms with Crippen LogP contribution in [0.2, 0.25) is 0 Å². The van der Waals surface area contributed by atoms with Gasteiger partial charge in [-0.2, -0.15) is 11.3 Å². The number of aromatic carboxylic acids is 1. The van der Waals surface area contributed by atoms with Crippen LogP contribution in [0.25, 0.3) is 0 Å². The molecule has 0 radical (unpaired) electrons. The summed E-state index contributed by atoms with van der Waals surface area (Å²) in [7, 11) is 0. The van der Waals surface area contributed by atoms with Gasteiger partial charge >= 0.3 is 5.97 Å². The molecule has 88 valence electrons. The molecule has 0 atom stereocenters. The van der Waals surface area contributed by atoms with Gasteiger partial charge in [-0.3, -0.25) is 4.98 Å². The van der Waals surface area contributed by atoms with Crippen molar-refractivity contribution in [1.29, 1.82) is 0 Å². The summed E-state index contributed by atoms with van der Waals surface area (Å²) >= 11 is 1.67. The highest BCUT2D eigenvalue weighted by Gasteiger charge is 2.02. The third-order valence-electron chi connectivity index (χ3n) is 2.29. The number of nitrogens with one attached hydrogen (secondary N) is 1. The minimum absolute atomic E-state index is 0.214. The Morgan fingerprint density at radius 2 is 2.24 bits per heavy atom. The molecule has 0 aliphatic rings. The molecule has 2 aromatic rings. The Hall–Kier alpha value is -1.72. The molecular weight excluding hydrogens is 236 g/mol. The Balaban J connectivity index is 1.85. The molecule has 2 aromatic heterocycles. The number of carboxylic acid groups (broad SMARTS) is 1. The molecule has 0 saturated carbocycles. The zero-order valence-corrected chi connectivity index (χ0v) is 9.91. The van der Waals surface area contributed by atoms with Crippen molar-refractivity contribution in [2.45, 2.75) is 13.1 Å². The molecular formula is C12H12N2O2S. The molecule has 2 N–H and O–H groups in total. The highest BCUT2D eigenvalue weighted by atomic mass is 32.1. The molecule has 2 rings (SSSR count). The van der Waals surface area contributed by atoms with E-state index in [1.165, 1.54) is 11.8 Å². The average Bonchev–Trinajstić information content (AvgIpc) is 2.83. The first-order chi connectivity index (χ1) is 8.25. The highest BCUT2D eigenvalue weighted by molar-refractivity contribution is 7.07. The summed E-state index contributed by atoms with van der Waals surface area (Å²) in [6.45, 7) is 1.43. The Kier molecular flexibility index (Phi) is 3.85. The lowest BCUT2D eigenvalue weighted by atomic mass is 10.2. The van der Waals surface area contributed by atoms with Crippen LogP contribution in [0.4, 0.5) is 0 Å². The topological polar surface area (TPSA) is 62.2 Å². The summed E-state index contributed by atoms with van der Waals surface area (Å²) in [5.41, 5.74) is 2.30. The number of rotatable bonds is 5. The second-order valence-electron chi connectivity index (χ2n) is 3.58. The van der Waals surface area contributed by atoms with Gasteiger partial charge in [-0.25, -0.2) is 4.79 Å². The Bertz CT molecular complexity index is 480. The molecule has 4 nitrogen and oxygen atoms in total.